The van der Waals surface area contributed by atoms with E-state index in [9.17, 15) is 13.2 Å². The van der Waals surface area contributed by atoms with Gasteiger partial charge in [-0.1, -0.05) is 35.0 Å². The Labute approximate surface area is 180 Å². The summed E-state index contributed by atoms with van der Waals surface area (Å²) < 4.78 is 47.3. The zero-order valence-corrected chi connectivity index (χ0v) is 17.9. The maximum absolute atomic E-state index is 13.5. The lowest BCUT2D eigenvalue weighted by atomic mass is 10.2. The molecular formula is C21H20BrF3N4O. The van der Waals surface area contributed by atoms with Crippen molar-refractivity contribution in [2.24, 2.45) is 0 Å². The summed E-state index contributed by atoms with van der Waals surface area (Å²) in [5.74, 6) is 0.117. The smallest absolute Gasteiger partial charge is 0.421 e. The molecule has 9 heteroatoms. The fourth-order valence-electron chi connectivity index (χ4n) is 2.51. The van der Waals surface area contributed by atoms with Crippen LogP contribution in [0.15, 0.2) is 59.2 Å². The van der Waals surface area contributed by atoms with Crippen molar-refractivity contribution in [3.8, 4) is 5.75 Å². The van der Waals surface area contributed by atoms with Crippen molar-refractivity contribution in [1.82, 2.24) is 9.97 Å². The van der Waals surface area contributed by atoms with Crippen LogP contribution in [-0.2, 0) is 6.18 Å². The van der Waals surface area contributed by atoms with Crippen LogP contribution in [0.1, 0.15) is 25.8 Å². The fourth-order valence-corrected chi connectivity index (χ4v) is 2.77. The highest BCUT2D eigenvalue weighted by molar-refractivity contribution is 9.10. The molecule has 0 saturated carbocycles. The van der Waals surface area contributed by atoms with Crippen LogP contribution in [0.2, 0.25) is 0 Å². The Kier molecular flexibility index (Phi) is 6.81. The number of benzene rings is 2. The van der Waals surface area contributed by atoms with Crippen molar-refractivity contribution in [1.29, 1.82) is 0 Å². The lowest BCUT2D eigenvalue weighted by molar-refractivity contribution is -0.137. The third-order valence-electron chi connectivity index (χ3n) is 4.24. The van der Waals surface area contributed by atoms with Crippen molar-refractivity contribution < 1.29 is 17.9 Å². The molecule has 3 aromatic rings. The number of aromatic nitrogens is 2. The molecule has 5 nitrogen and oxygen atoms in total. The summed E-state index contributed by atoms with van der Waals surface area (Å²) in [7, 11) is 0. The van der Waals surface area contributed by atoms with E-state index in [4.69, 9.17) is 4.74 Å². The van der Waals surface area contributed by atoms with Gasteiger partial charge in [-0.15, -0.1) is 0 Å². The van der Waals surface area contributed by atoms with E-state index in [0.717, 1.165) is 17.1 Å². The highest BCUT2D eigenvalue weighted by atomic mass is 79.9. The molecule has 0 saturated heterocycles. The molecule has 3 rings (SSSR count). The number of nitrogens with zero attached hydrogens (tertiary/aromatic N) is 2. The Morgan fingerprint density at radius 3 is 2.43 bits per heavy atom. The van der Waals surface area contributed by atoms with Gasteiger partial charge in [-0.2, -0.15) is 18.2 Å². The van der Waals surface area contributed by atoms with E-state index in [1.807, 2.05) is 13.8 Å². The molecular weight excluding hydrogens is 461 g/mol. The minimum Gasteiger partial charge on any atom is -0.489 e. The van der Waals surface area contributed by atoms with E-state index < -0.39 is 11.7 Å². The Bertz CT molecular complexity index is 996. The first-order chi connectivity index (χ1) is 14.3. The van der Waals surface area contributed by atoms with E-state index in [-0.39, 0.29) is 17.9 Å². The molecule has 1 aromatic heterocycles. The van der Waals surface area contributed by atoms with Crippen molar-refractivity contribution in [3.05, 3.63) is 64.8 Å². The van der Waals surface area contributed by atoms with Gasteiger partial charge in [0.25, 0.3) is 0 Å². The molecule has 2 aromatic carbocycles. The largest absolute Gasteiger partial charge is 0.489 e. The Morgan fingerprint density at radius 1 is 1.07 bits per heavy atom. The third kappa shape index (κ3) is 5.63. The number of rotatable bonds is 7. The highest BCUT2D eigenvalue weighted by Crippen LogP contribution is 2.37. The molecule has 0 amide bonds. The molecule has 30 heavy (non-hydrogen) atoms. The van der Waals surface area contributed by atoms with Crippen LogP contribution in [0, 0.1) is 0 Å². The molecule has 0 radical (unpaired) electrons. The summed E-state index contributed by atoms with van der Waals surface area (Å²) in [5.41, 5.74) is 0.0585. The molecule has 2 N–H and O–H groups in total. The number of anilines is 4. The van der Waals surface area contributed by atoms with Crippen LogP contribution in [0.5, 0.6) is 5.75 Å². The molecule has 1 unspecified atom stereocenters. The maximum Gasteiger partial charge on any atom is 0.421 e. The number of halogens is 4. The molecule has 0 aliphatic heterocycles. The Balaban J connectivity index is 1.95. The monoisotopic (exact) mass is 480 g/mol. The minimum absolute atomic E-state index is 0.0353. The second-order valence-electron chi connectivity index (χ2n) is 6.54. The number of alkyl halides is 3. The SMILES string of the molecule is CCC(C)Oc1ccccc1Nc1nc(Nc2ccc(Br)cc2)ncc1C(F)(F)F. The number of hydrogen-bond donors (Lipinski definition) is 2. The average molecular weight is 481 g/mol. The van der Waals surface area contributed by atoms with Gasteiger partial charge in [-0.3, -0.25) is 0 Å². The van der Waals surface area contributed by atoms with E-state index in [1.54, 1.807) is 48.5 Å². The van der Waals surface area contributed by atoms with Crippen LogP contribution in [0.4, 0.5) is 36.3 Å². The first-order valence-corrected chi connectivity index (χ1v) is 10.0. The van der Waals surface area contributed by atoms with Gasteiger partial charge >= 0.3 is 6.18 Å². The van der Waals surface area contributed by atoms with Gasteiger partial charge in [-0.05, 0) is 49.7 Å². The second-order valence-corrected chi connectivity index (χ2v) is 7.46. The van der Waals surface area contributed by atoms with Crippen molar-refractivity contribution >= 4 is 39.1 Å². The standard InChI is InChI=1S/C21H20BrF3N4O/c1-3-13(2)30-18-7-5-4-6-17(18)28-19-16(21(23,24)25)12-26-20(29-19)27-15-10-8-14(22)9-11-15/h4-13H,3H2,1-2H3,(H2,26,27,28,29). The van der Waals surface area contributed by atoms with E-state index >= 15 is 0 Å². The van der Waals surface area contributed by atoms with Crippen molar-refractivity contribution in [2.75, 3.05) is 10.6 Å². The van der Waals surface area contributed by atoms with Crippen LogP contribution in [-0.4, -0.2) is 16.1 Å². The van der Waals surface area contributed by atoms with Gasteiger partial charge in [0.15, 0.2) is 0 Å². The summed E-state index contributed by atoms with van der Waals surface area (Å²) in [6.45, 7) is 3.86. The number of hydrogen-bond acceptors (Lipinski definition) is 5. The lowest BCUT2D eigenvalue weighted by Gasteiger charge is -2.19. The minimum atomic E-state index is -4.62. The Hall–Kier alpha value is -2.81. The van der Waals surface area contributed by atoms with Gasteiger partial charge in [0.1, 0.15) is 17.1 Å². The number of ether oxygens (including phenoxy) is 1. The molecule has 0 fully saturated rings. The molecule has 1 atom stereocenters. The normalized spacial score (nSPS) is 12.3. The van der Waals surface area contributed by atoms with E-state index in [0.29, 0.717) is 17.1 Å². The van der Waals surface area contributed by atoms with Gasteiger partial charge in [0.05, 0.1) is 11.8 Å². The molecule has 0 spiro atoms. The summed E-state index contributed by atoms with van der Waals surface area (Å²) in [6.07, 6.45) is -3.19. The number of para-hydroxylation sites is 2. The van der Waals surface area contributed by atoms with Gasteiger partial charge in [0, 0.05) is 16.4 Å². The molecule has 0 aliphatic rings. The third-order valence-corrected chi connectivity index (χ3v) is 4.77. The zero-order chi connectivity index (χ0) is 21.7. The van der Waals surface area contributed by atoms with Crippen LogP contribution < -0.4 is 15.4 Å². The summed E-state index contributed by atoms with van der Waals surface area (Å²) >= 11 is 3.33. The molecule has 0 aliphatic carbocycles. The predicted octanol–water partition coefficient (Wildman–Crippen LogP) is 6.92. The first-order valence-electron chi connectivity index (χ1n) is 9.25. The number of nitrogens with one attached hydrogen (secondary N) is 2. The lowest BCUT2D eigenvalue weighted by Crippen LogP contribution is -2.14. The van der Waals surface area contributed by atoms with Crippen molar-refractivity contribution in [2.45, 2.75) is 32.5 Å². The topological polar surface area (TPSA) is 59.1 Å². The summed E-state index contributed by atoms with van der Waals surface area (Å²) in [6, 6.07) is 13.9. The van der Waals surface area contributed by atoms with Crippen molar-refractivity contribution in [3.63, 3.8) is 0 Å². The second kappa shape index (κ2) is 9.34. The average Bonchev–Trinajstić information content (AvgIpc) is 2.70. The zero-order valence-electron chi connectivity index (χ0n) is 16.3. The van der Waals surface area contributed by atoms with Crippen LogP contribution in [0.25, 0.3) is 0 Å². The van der Waals surface area contributed by atoms with Gasteiger partial charge < -0.3 is 15.4 Å². The van der Waals surface area contributed by atoms with Gasteiger partial charge in [0.2, 0.25) is 5.95 Å². The van der Waals surface area contributed by atoms with Gasteiger partial charge in [-0.25, -0.2) is 4.98 Å². The highest BCUT2D eigenvalue weighted by Gasteiger charge is 2.35. The molecule has 1 heterocycles. The Morgan fingerprint density at radius 2 is 1.77 bits per heavy atom. The fraction of sp³-hybridized carbons (Fsp3) is 0.238. The van der Waals surface area contributed by atoms with Crippen LogP contribution in [0.3, 0.4) is 0 Å². The van der Waals surface area contributed by atoms with E-state index in [1.165, 1.54) is 0 Å². The maximum atomic E-state index is 13.5. The quantitative estimate of drug-likeness (QED) is 0.384. The first kappa shape index (κ1) is 21.9. The molecule has 158 valence electrons. The molecule has 0 bridgehead atoms. The van der Waals surface area contributed by atoms with Crippen LogP contribution >= 0.6 is 15.9 Å². The summed E-state index contributed by atoms with van der Waals surface area (Å²) in [4.78, 5) is 7.90. The summed E-state index contributed by atoms with van der Waals surface area (Å²) in [5, 5.41) is 5.68. The van der Waals surface area contributed by atoms with E-state index in [2.05, 4.69) is 36.5 Å². The predicted molar refractivity (Wildman–Crippen MR) is 115 cm³/mol.